The molecule has 2 amide bonds. The summed E-state index contributed by atoms with van der Waals surface area (Å²) in [6, 6.07) is 14.3. The first-order valence-electron chi connectivity index (χ1n) is 9.67. The number of rotatable bonds is 5. The van der Waals surface area contributed by atoms with E-state index in [2.05, 4.69) is 15.5 Å². The third-order valence-electron chi connectivity index (χ3n) is 4.87. The molecule has 4 rings (SSSR count). The topological polar surface area (TPSA) is 79.9 Å². The van der Waals surface area contributed by atoms with E-state index < -0.39 is 0 Å². The molecule has 0 aromatic heterocycles. The number of carbonyl (C=O) groups is 2. The van der Waals surface area contributed by atoms with Crippen LogP contribution in [0.1, 0.15) is 15.9 Å². The first kappa shape index (κ1) is 19.2. The molecule has 1 fully saturated rings. The number of nitrogens with zero attached hydrogens (tertiary/aromatic N) is 1. The smallest absolute Gasteiger partial charge is 0.291 e. The third-order valence-corrected chi connectivity index (χ3v) is 4.87. The van der Waals surface area contributed by atoms with Crippen LogP contribution in [-0.4, -0.2) is 56.1 Å². The van der Waals surface area contributed by atoms with Crippen LogP contribution in [0.4, 0.5) is 5.69 Å². The van der Waals surface area contributed by atoms with E-state index in [0.29, 0.717) is 23.5 Å². The number of nitrogens with one attached hydrogen (secondary N) is 2. The Balaban J connectivity index is 1.34. The molecule has 1 saturated heterocycles. The number of morpholine rings is 1. The first-order chi connectivity index (χ1) is 14.2. The van der Waals surface area contributed by atoms with Gasteiger partial charge >= 0.3 is 0 Å². The molecule has 0 bridgehead atoms. The van der Waals surface area contributed by atoms with E-state index in [4.69, 9.17) is 9.47 Å². The second-order valence-corrected chi connectivity index (χ2v) is 6.89. The fraction of sp³-hybridized carbons (Fsp3) is 0.273. The summed E-state index contributed by atoms with van der Waals surface area (Å²) < 4.78 is 11.0. The van der Waals surface area contributed by atoms with Crippen LogP contribution in [-0.2, 0) is 9.53 Å². The molecule has 0 spiro atoms. The van der Waals surface area contributed by atoms with Gasteiger partial charge in [0.05, 0.1) is 18.9 Å². The monoisotopic (exact) mass is 393 g/mol. The van der Waals surface area contributed by atoms with E-state index in [1.54, 1.807) is 42.5 Å². The minimum atomic E-state index is -0.298. The Kier molecular flexibility index (Phi) is 5.88. The minimum absolute atomic E-state index is 0.113. The van der Waals surface area contributed by atoms with E-state index >= 15 is 0 Å². The average Bonchev–Trinajstić information content (AvgIpc) is 2.75. The number of para-hydroxylation sites is 2. The quantitative estimate of drug-likeness (QED) is 0.761. The molecule has 2 aliphatic heterocycles. The second-order valence-electron chi connectivity index (χ2n) is 6.89. The van der Waals surface area contributed by atoms with Crippen molar-refractivity contribution >= 4 is 23.6 Å². The Hall–Kier alpha value is -3.16. The molecule has 0 radical (unpaired) electrons. The van der Waals surface area contributed by atoms with Gasteiger partial charge in [-0.05, 0) is 35.9 Å². The maximum Gasteiger partial charge on any atom is 0.291 e. The van der Waals surface area contributed by atoms with Crippen LogP contribution >= 0.6 is 0 Å². The first-order valence-corrected chi connectivity index (χ1v) is 9.67. The highest BCUT2D eigenvalue weighted by atomic mass is 16.5. The van der Waals surface area contributed by atoms with Crippen molar-refractivity contribution in [2.24, 2.45) is 0 Å². The molecule has 7 heteroatoms. The molecule has 0 saturated carbocycles. The van der Waals surface area contributed by atoms with Crippen molar-refractivity contribution in [3.63, 3.8) is 0 Å². The highest BCUT2D eigenvalue weighted by Gasteiger charge is 2.21. The summed E-state index contributed by atoms with van der Waals surface area (Å²) in [6.07, 6.45) is 1.66. The Morgan fingerprint density at radius 2 is 1.86 bits per heavy atom. The van der Waals surface area contributed by atoms with Crippen molar-refractivity contribution in [3.8, 4) is 5.75 Å². The van der Waals surface area contributed by atoms with Crippen molar-refractivity contribution in [3.05, 3.63) is 65.4 Å². The van der Waals surface area contributed by atoms with Crippen LogP contribution in [0, 0.1) is 0 Å². The fourth-order valence-corrected chi connectivity index (χ4v) is 3.24. The summed E-state index contributed by atoms with van der Waals surface area (Å²) >= 11 is 0. The summed E-state index contributed by atoms with van der Waals surface area (Å²) in [7, 11) is 0. The molecule has 0 unspecified atom stereocenters. The molecule has 150 valence electrons. The molecule has 2 heterocycles. The Morgan fingerprint density at radius 3 is 2.66 bits per heavy atom. The van der Waals surface area contributed by atoms with Gasteiger partial charge in [0.2, 0.25) is 0 Å². The van der Waals surface area contributed by atoms with Crippen LogP contribution in [0.5, 0.6) is 5.75 Å². The van der Waals surface area contributed by atoms with E-state index in [1.807, 2.05) is 12.1 Å². The zero-order chi connectivity index (χ0) is 20.1. The summed E-state index contributed by atoms with van der Waals surface area (Å²) in [5.41, 5.74) is 2.01. The molecule has 2 aliphatic rings. The number of anilines is 1. The number of benzene rings is 2. The number of ether oxygens (including phenoxy) is 2. The highest BCUT2D eigenvalue weighted by Crippen LogP contribution is 2.30. The fourth-order valence-electron chi connectivity index (χ4n) is 3.24. The maximum atomic E-state index is 12.3. The number of hydrogen-bond acceptors (Lipinski definition) is 5. The SMILES string of the molecule is O=C1Nc2ccccc2O/C1=C\c1ccc(C(=O)NCCN2CCOCC2)cc1. The Bertz CT molecular complexity index is 918. The predicted molar refractivity (Wildman–Crippen MR) is 110 cm³/mol. The Morgan fingerprint density at radius 1 is 1.10 bits per heavy atom. The van der Waals surface area contributed by atoms with Gasteiger partial charge in [0, 0.05) is 31.7 Å². The molecule has 0 aliphatic carbocycles. The number of fused-ring (bicyclic) bond motifs is 1. The van der Waals surface area contributed by atoms with Crippen LogP contribution < -0.4 is 15.4 Å². The van der Waals surface area contributed by atoms with Crippen molar-refractivity contribution in [2.45, 2.75) is 0 Å². The lowest BCUT2D eigenvalue weighted by atomic mass is 10.1. The van der Waals surface area contributed by atoms with Crippen molar-refractivity contribution in [1.29, 1.82) is 0 Å². The van der Waals surface area contributed by atoms with Crippen LogP contribution in [0.3, 0.4) is 0 Å². The lowest BCUT2D eigenvalue weighted by Crippen LogP contribution is -2.41. The zero-order valence-electron chi connectivity index (χ0n) is 16.0. The van der Waals surface area contributed by atoms with Gasteiger partial charge in [0.25, 0.3) is 11.8 Å². The van der Waals surface area contributed by atoms with Gasteiger partial charge in [-0.25, -0.2) is 0 Å². The molecule has 7 nitrogen and oxygen atoms in total. The van der Waals surface area contributed by atoms with Crippen molar-refractivity contribution < 1.29 is 19.1 Å². The van der Waals surface area contributed by atoms with E-state index in [1.165, 1.54) is 0 Å². The third kappa shape index (κ3) is 4.82. The summed E-state index contributed by atoms with van der Waals surface area (Å²) in [5, 5.41) is 5.74. The van der Waals surface area contributed by atoms with Crippen LogP contribution in [0.15, 0.2) is 54.3 Å². The zero-order valence-corrected chi connectivity index (χ0v) is 16.0. The molecule has 0 atom stereocenters. The van der Waals surface area contributed by atoms with Crippen LogP contribution in [0.25, 0.3) is 6.08 Å². The van der Waals surface area contributed by atoms with Gasteiger partial charge in [0.1, 0.15) is 0 Å². The maximum absolute atomic E-state index is 12.3. The van der Waals surface area contributed by atoms with E-state index in [-0.39, 0.29) is 17.6 Å². The van der Waals surface area contributed by atoms with Crippen molar-refractivity contribution in [2.75, 3.05) is 44.7 Å². The van der Waals surface area contributed by atoms with Gasteiger partial charge in [-0.3, -0.25) is 14.5 Å². The standard InChI is InChI=1S/C22H23N3O4/c26-21(23-9-10-25-11-13-28-14-12-25)17-7-5-16(6-8-17)15-20-22(27)24-18-3-1-2-4-19(18)29-20/h1-8,15H,9-14H2,(H,23,26)(H,24,27)/b20-15-. The molecular weight excluding hydrogens is 370 g/mol. The number of carbonyl (C=O) groups excluding carboxylic acids is 2. The van der Waals surface area contributed by atoms with Crippen molar-refractivity contribution in [1.82, 2.24) is 10.2 Å². The molecule has 2 N–H and O–H groups in total. The number of amides is 2. The highest BCUT2D eigenvalue weighted by molar-refractivity contribution is 6.08. The van der Waals surface area contributed by atoms with Gasteiger partial charge in [-0.2, -0.15) is 0 Å². The van der Waals surface area contributed by atoms with Gasteiger partial charge in [-0.1, -0.05) is 24.3 Å². The largest absolute Gasteiger partial charge is 0.449 e. The number of hydrogen-bond donors (Lipinski definition) is 2. The minimum Gasteiger partial charge on any atom is -0.449 e. The summed E-state index contributed by atoms with van der Waals surface area (Å²) in [4.78, 5) is 26.8. The molecule has 2 aromatic carbocycles. The van der Waals surface area contributed by atoms with Crippen LogP contribution in [0.2, 0.25) is 0 Å². The molecule has 2 aromatic rings. The lowest BCUT2D eigenvalue weighted by Gasteiger charge is -2.26. The second kappa shape index (κ2) is 8.89. The average molecular weight is 393 g/mol. The van der Waals surface area contributed by atoms with E-state index in [0.717, 1.165) is 38.4 Å². The predicted octanol–water partition coefficient (Wildman–Crippen LogP) is 2.12. The van der Waals surface area contributed by atoms with Gasteiger partial charge in [-0.15, -0.1) is 0 Å². The summed E-state index contributed by atoms with van der Waals surface area (Å²) in [6.45, 7) is 4.71. The van der Waals surface area contributed by atoms with Gasteiger partial charge < -0.3 is 20.1 Å². The molecule has 29 heavy (non-hydrogen) atoms. The lowest BCUT2D eigenvalue weighted by molar-refractivity contribution is -0.115. The van der Waals surface area contributed by atoms with E-state index in [9.17, 15) is 9.59 Å². The molecular formula is C22H23N3O4. The Labute approximate surface area is 169 Å². The normalized spacial score (nSPS) is 17.9. The van der Waals surface area contributed by atoms with Gasteiger partial charge in [0.15, 0.2) is 11.5 Å². The summed E-state index contributed by atoms with van der Waals surface area (Å²) in [5.74, 6) is 0.410.